The molecule has 0 radical (unpaired) electrons. The fraction of sp³-hybridized carbons (Fsp3) is 0.923. The van der Waals surface area contributed by atoms with Crippen molar-refractivity contribution < 1.29 is 4.74 Å². The van der Waals surface area contributed by atoms with Gasteiger partial charge in [0.2, 0.25) is 0 Å². The second-order valence-corrected chi connectivity index (χ2v) is 4.66. The van der Waals surface area contributed by atoms with Crippen molar-refractivity contribution in [2.24, 2.45) is 0 Å². The SMILES string of the molecule is CCC(C)N1CCN(CCOCCC#N)CC1. The third-order valence-corrected chi connectivity index (χ3v) is 3.53. The van der Waals surface area contributed by atoms with E-state index in [1.807, 2.05) is 0 Å². The Labute approximate surface area is 105 Å². The Kier molecular flexibility index (Phi) is 7.18. The second-order valence-electron chi connectivity index (χ2n) is 4.66. The standard InChI is InChI=1S/C13H25N3O/c1-3-13(2)16-8-6-15(7-9-16)10-12-17-11-4-5-14/h13H,3-4,6-12H2,1-2H3. The van der Waals surface area contributed by atoms with Crippen LogP contribution in [-0.2, 0) is 4.74 Å². The molecule has 1 rings (SSSR count). The van der Waals surface area contributed by atoms with Crippen molar-refractivity contribution in [1.82, 2.24) is 9.80 Å². The molecule has 0 spiro atoms. The monoisotopic (exact) mass is 239 g/mol. The first kappa shape index (κ1) is 14.4. The van der Waals surface area contributed by atoms with Crippen molar-refractivity contribution in [2.45, 2.75) is 32.7 Å². The van der Waals surface area contributed by atoms with Crippen LogP contribution in [-0.4, -0.2) is 61.8 Å². The summed E-state index contributed by atoms with van der Waals surface area (Å²) < 4.78 is 5.39. The van der Waals surface area contributed by atoms with Gasteiger partial charge >= 0.3 is 0 Å². The van der Waals surface area contributed by atoms with Gasteiger partial charge in [0.15, 0.2) is 0 Å². The zero-order valence-corrected chi connectivity index (χ0v) is 11.2. The molecule has 0 aliphatic carbocycles. The van der Waals surface area contributed by atoms with Crippen LogP contribution in [0, 0.1) is 11.3 Å². The summed E-state index contributed by atoms with van der Waals surface area (Å²) in [6.07, 6.45) is 1.74. The number of nitriles is 1. The van der Waals surface area contributed by atoms with E-state index in [9.17, 15) is 0 Å². The van der Waals surface area contributed by atoms with Gasteiger partial charge in [0.25, 0.3) is 0 Å². The van der Waals surface area contributed by atoms with Gasteiger partial charge in [-0.15, -0.1) is 0 Å². The van der Waals surface area contributed by atoms with E-state index in [-0.39, 0.29) is 0 Å². The number of piperazine rings is 1. The van der Waals surface area contributed by atoms with Crippen LogP contribution in [0.2, 0.25) is 0 Å². The first-order valence-electron chi connectivity index (χ1n) is 6.69. The topological polar surface area (TPSA) is 39.5 Å². The number of hydrogen-bond donors (Lipinski definition) is 0. The summed E-state index contributed by atoms with van der Waals surface area (Å²) in [6, 6.07) is 2.80. The predicted octanol–water partition coefficient (Wildman–Crippen LogP) is 1.33. The molecule has 0 aromatic heterocycles. The lowest BCUT2D eigenvalue weighted by atomic mass is 10.2. The average Bonchev–Trinajstić information content (AvgIpc) is 2.38. The summed E-state index contributed by atoms with van der Waals surface area (Å²) in [6.45, 7) is 11.5. The third kappa shape index (κ3) is 5.49. The van der Waals surface area contributed by atoms with Gasteiger partial charge in [-0.1, -0.05) is 6.92 Å². The van der Waals surface area contributed by atoms with E-state index in [2.05, 4.69) is 29.7 Å². The molecule has 1 fully saturated rings. The molecule has 0 aromatic carbocycles. The number of nitrogens with zero attached hydrogens (tertiary/aromatic N) is 3. The zero-order chi connectivity index (χ0) is 12.5. The van der Waals surface area contributed by atoms with Crippen LogP contribution in [0.25, 0.3) is 0 Å². The van der Waals surface area contributed by atoms with E-state index in [1.54, 1.807) is 0 Å². The van der Waals surface area contributed by atoms with Crippen molar-refractivity contribution in [3.05, 3.63) is 0 Å². The molecule has 17 heavy (non-hydrogen) atoms. The molecule has 4 heteroatoms. The number of ether oxygens (including phenoxy) is 1. The molecule has 1 unspecified atom stereocenters. The Morgan fingerprint density at radius 3 is 2.53 bits per heavy atom. The van der Waals surface area contributed by atoms with Crippen molar-refractivity contribution in [2.75, 3.05) is 45.9 Å². The van der Waals surface area contributed by atoms with Gasteiger partial charge in [-0.25, -0.2) is 0 Å². The molecule has 98 valence electrons. The van der Waals surface area contributed by atoms with Gasteiger partial charge in [-0.3, -0.25) is 9.80 Å². The molecule has 1 saturated heterocycles. The van der Waals surface area contributed by atoms with Gasteiger partial charge < -0.3 is 4.74 Å². The van der Waals surface area contributed by atoms with Crippen LogP contribution in [0.3, 0.4) is 0 Å². The minimum absolute atomic E-state index is 0.502. The highest BCUT2D eigenvalue weighted by Crippen LogP contribution is 2.08. The van der Waals surface area contributed by atoms with E-state index in [0.29, 0.717) is 19.1 Å². The lowest BCUT2D eigenvalue weighted by molar-refractivity contribution is 0.0648. The predicted molar refractivity (Wildman–Crippen MR) is 68.8 cm³/mol. The molecule has 0 saturated carbocycles. The summed E-state index contributed by atoms with van der Waals surface area (Å²) >= 11 is 0. The summed E-state index contributed by atoms with van der Waals surface area (Å²) in [7, 11) is 0. The van der Waals surface area contributed by atoms with Crippen LogP contribution < -0.4 is 0 Å². The summed E-state index contributed by atoms with van der Waals surface area (Å²) in [5, 5.41) is 8.37. The lowest BCUT2D eigenvalue weighted by Gasteiger charge is -2.37. The highest BCUT2D eigenvalue weighted by molar-refractivity contribution is 4.75. The van der Waals surface area contributed by atoms with Crippen LogP contribution in [0.1, 0.15) is 26.7 Å². The molecule has 0 amide bonds. The van der Waals surface area contributed by atoms with Crippen molar-refractivity contribution in [3.63, 3.8) is 0 Å². The molecule has 4 nitrogen and oxygen atoms in total. The Morgan fingerprint density at radius 2 is 1.94 bits per heavy atom. The van der Waals surface area contributed by atoms with Crippen molar-refractivity contribution >= 4 is 0 Å². The first-order valence-corrected chi connectivity index (χ1v) is 6.69. The molecular formula is C13H25N3O. The summed E-state index contributed by atoms with van der Waals surface area (Å²) in [5.41, 5.74) is 0. The van der Waals surface area contributed by atoms with Crippen molar-refractivity contribution in [1.29, 1.82) is 5.26 Å². The largest absolute Gasteiger partial charge is 0.379 e. The van der Waals surface area contributed by atoms with Crippen LogP contribution >= 0.6 is 0 Å². The maximum atomic E-state index is 8.37. The quantitative estimate of drug-likeness (QED) is 0.628. The van der Waals surface area contributed by atoms with Crippen molar-refractivity contribution in [3.8, 4) is 6.07 Å². The highest BCUT2D eigenvalue weighted by Gasteiger charge is 2.19. The molecule has 1 heterocycles. The van der Waals surface area contributed by atoms with Crippen LogP contribution in [0.4, 0.5) is 0 Å². The fourth-order valence-electron chi connectivity index (χ4n) is 2.10. The number of hydrogen-bond acceptors (Lipinski definition) is 4. The molecule has 1 aliphatic rings. The molecule has 0 N–H and O–H groups in total. The molecule has 1 atom stereocenters. The van der Waals surface area contributed by atoms with E-state index >= 15 is 0 Å². The summed E-state index contributed by atoms with van der Waals surface area (Å²) in [4.78, 5) is 5.01. The van der Waals surface area contributed by atoms with Gasteiger partial charge in [-0.05, 0) is 13.3 Å². The first-order chi connectivity index (χ1) is 8.27. The van der Waals surface area contributed by atoms with Gasteiger partial charge in [0.1, 0.15) is 0 Å². The maximum absolute atomic E-state index is 8.37. The Morgan fingerprint density at radius 1 is 1.24 bits per heavy atom. The fourth-order valence-corrected chi connectivity index (χ4v) is 2.10. The lowest BCUT2D eigenvalue weighted by Crippen LogP contribution is -2.50. The van der Waals surface area contributed by atoms with Crippen LogP contribution in [0.5, 0.6) is 0 Å². The number of rotatable bonds is 7. The van der Waals surface area contributed by atoms with Gasteiger partial charge in [0, 0.05) is 38.8 Å². The van der Waals surface area contributed by atoms with Crippen LogP contribution in [0.15, 0.2) is 0 Å². The minimum Gasteiger partial charge on any atom is -0.379 e. The average molecular weight is 239 g/mol. The summed E-state index contributed by atoms with van der Waals surface area (Å²) in [5.74, 6) is 0. The Balaban J connectivity index is 2.05. The van der Waals surface area contributed by atoms with Gasteiger partial charge in [0.05, 0.1) is 25.7 Å². The van der Waals surface area contributed by atoms with Gasteiger partial charge in [-0.2, -0.15) is 5.26 Å². The van der Waals surface area contributed by atoms with E-state index in [0.717, 1.165) is 26.2 Å². The molecule has 0 aromatic rings. The molecule has 1 aliphatic heterocycles. The van der Waals surface area contributed by atoms with E-state index in [1.165, 1.54) is 19.5 Å². The third-order valence-electron chi connectivity index (χ3n) is 3.53. The second kappa shape index (κ2) is 8.46. The molecular weight excluding hydrogens is 214 g/mol. The smallest absolute Gasteiger partial charge is 0.0645 e. The Bertz CT molecular complexity index is 231. The normalized spacial score (nSPS) is 20.1. The highest BCUT2D eigenvalue weighted by atomic mass is 16.5. The maximum Gasteiger partial charge on any atom is 0.0645 e. The molecule has 0 bridgehead atoms. The minimum atomic E-state index is 0.502. The Hall–Kier alpha value is -0.630. The zero-order valence-electron chi connectivity index (χ0n) is 11.2. The van der Waals surface area contributed by atoms with E-state index < -0.39 is 0 Å². The van der Waals surface area contributed by atoms with E-state index in [4.69, 9.17) is 10.00 Å².